The Bertz CT molecular complexity index is 309. The van der Waals surface area contributed by atoms with Crippen molar-refractivity contribution in [1.82, 2.24) is 0 Å². The zero-order chi connectivity index (χ0) is 7.84. The van der Waals surface area contributed by atoms with Gasteiger partial charge in [-0.15, -0.1) is 0 Å². The zero-order valence-electron chi connectivity index (χ0n) is 6.00. The maximum Gasteiger partial charge on any atom is 0.287 e. The number of quaternary nitrogens is 1. The van der Waals surface area contributed by atoms with Crippen LogP contribution < -0.4 is 11.1 Å². The minimum Gasteiger partial charge on any atom is -0.343 e. The molecule has 0 aliphatic carbocycles. The molecule has 3 heteroatoms. The van der Waals surface area contributed by atoms with Crippen molar-refractivity contribution in [2.24, 2.45) is 0 Å². The molecule has 0 saturated carbocycles. The molecule has 0 spiro atoms. The molecule has 1 amide bonds. The number of amides is 1. The minimum absolute atomic E-state index is 0.00815. The van der Waals surface area contributed by atoms with Crippen LogP contribution >= 0.6 is 0 Å². The summed E-state index contributed by atoms with van der Waals surface area (Å²) < 4.78 is 0. The van der Waals surface area contributed by atoms with Gasteiger partial charge in [-0.05, 0) is 6.07 Å². The Morgan fingerprint density at radius 1 is 1.36 bits per heavy atom. The lowest BCUT2D eigenvalue weighted by molar-refractivity contribution is -0.407. The molecule has 1 heterocycles. The molecule has 4 N–H and O–H groups in total. The molecule has 1 aromatic rings. The fourth-order valence-electron chi connectivity index (χ4n) is 1.28. The summed E-state index contributed by atoms with van der Waals surface area (Å²) in [6.45, 7) is 0. The summed E-state index contributed by atoms with van der Waals surface area (Å²) in [4.78, 5) is 11.1. The molecule has 0 radical (unpaired) electrons. The highest BCUT2D eigenvalue weighted by atomic mass is 16.2. The van der Waals surface area contributed by atoms with Crippen molar-refractivity contribution in [2.45, 2.75) is 6.04 Å². The van der Waals surface area contributed by atoms with Crippen LogP contribution in [-0.2, 0) is 4.79 Å². The molecule has 0 bridgehead atoms. The maximum absolute atomic E-state index is 11.1. The first-order valence-corrected chi connectivity index (χ1v) is 3.52. The van der Waals surface area contributed by atoms with Gasteiger partial charge in [0.2, 0.25) is 0 Å². The summed E-state index contributed by atoms with van der Waals surface area (Å²) in [5.41, 5.74) is 5.65. The van der Waals surface area contributed by atoms with Crippen molar-refractivity contribution >= 4 is 11.6 Å². The Hall–Kier alpha value is -1.35. The van der Waals surface area contributed by atoms with Gasteiger partial charge in [-0.2, -0.15) is 0 Å². The average molecular weight is 149 g/mol. The van der Waals surface area contributed by atoms with E-state index in [2.05, 4.69) is 11.1 Å². The van der Waals surface area contributed by atoms with Gasteiger partial charge < -0.3 is 11.1 Å². The zero-order valence-corrected chi connectivity index (χ0v) is 6.00. The van der Waals surface area contributed by atoms with Gasteiger partial charge in [-0.25, -0.2) is 0 Å². The van der Waals surface area contributed by atoms with Crippen LogP contribution in [0.1, 0.15) is 11.6 Å². The summed E-state index contributed by atoms with van der Waals surface area (Å²) in [5, 5.41) is 2.75. The highest BCUT2D eigenvalue weighted by Crippen LogP contribution is 2.26. The fraction of sp³-hybridized carbons (Fsp3) is 0.125. The second-order valence-corrected chi connectivity index (χ2v) is 2.63. The summed E-state index contributed by atoms with van der Waals surface area (Å²) in [6, 6.07) is 7.39. The summed E-state index contributed by atoms with van der Waals surface area (Å²) in [7, 11) is 0. The third kappa shape index (κ3) is 0.816. The molecule has 1 aliphatic heterocycles. The lowest BCUT2D eigenvalue weighted by Gasteiger charge is -1.94. The summed E-state index contributed by atoms with van der Waals surface area (Å²) >= 11 is 0. The first-order valence-electron chi connectivity index (χ1n) is 3.52. The number of nitrogens with one attached hydrogen (secondary N) is 1. The SMILES string of the molecule is [NH3+][C@@H]1C(=O)Nc2ccccc21. The third-order valence-electron chi connectivity index (χ3n) is 1.91. The minimum atomic E-state index is -0.230. The van der Waals surface area contributed by atoms with Crippen LogP contribution in [0.25, 0.3) is 0 Å². The van der Waals surface area contributed by atoms with E-state index in [0.717, 1.165) is 11.3 Å². The van der Waals surface area contributed by atoms with Crippen LogP contribution in [0.3, 0.4) is 0 Å². The first kappa shape index (κ1) is 6.37. The Morgan fingerprint density at radius 2 is 2.09 bits per heavy atom. The molecule has 0 fully saturated rings. The smallest absolute Gasteiger partial charge is 0.287 e. The van der Waals surface area contributed by atoms with Crippen LogP contribution in [0, 0.1) is 0 Å². The molecule has 11 heavy (non-hydrogen) atoms. The Morgan fingerprint density at radius 3 is 2.82 bits per heavy atom. The van der Waals surface area contributed by atoms with E-state index in [1.807, 2.05) is 24.3 Å². The van der Waals surface area contributed by atoms with Crippen LogP contribution in [0.5, 0.6) is 0 Å². The van der Waals surface area contributed by atoms with Crippen LogP contribution in [0.2, 0.25) is 0 Å². The monoisotopic (exact) mass is 149 g/mol. The number of para-hydroxylation sites is 1. The predicted molar refractivity (Wildman–Crippen MR) is 40.7 cm³/mol. The summed E-state index contributed by atoms with van der Waals surface area (Å²) in [6.07, 6.45) is 0. The molecule has 1 aromatic carbocycles. The Labute approximate surface area is 64.2 Å². The quantitative estimate of drug-likeness (QED) is 0.532. The normalized spacial score (nSPS) is 21.2. The molecule has 56 valence electrons. The molecule has 0 saturated heterocycles. The lowest BCUT2D eigenvalue weighted by Crippen LogP contribution is -2.56. The molecule has 1 atom stereocenters. The van der Waals surface area contributed by atoms with Gasteiger partial charge in [0.1, 0.15) is 0 Å². The maximum atomic E-state index is 11.1. The molecule has 0 unspecified atom stereocenters. The molecule has 2 rings (SSSR count). The number of hydrogen-bond acceptors (Lipinski definition) is 1. The van der Waals surface area contributed by atoms with Crippen LogP contribution in [0.15, 0.2) is 24.3 Å². The van der Waals surface area contributed by atoms with E-state index in [-0.39, 0.29) is 11.9 Å². The highest BCUT2D eigenvalue weighted by Gasteiger charge is 2.29. The van der Waals surface area contributed by atoms with Gasteiger partial charge in [0.25, 0.3) is 5.91 Å². The van der Waals surface area contributed by atoms with E-state index in [1.165, 1.54) is 0 Å². The largest absolute Gasteiger partial charge is 0.343 e. The Balaban J connectivity index is 2.55. The molecule has 1 aliphatic rings. The van der Waals surface area contributed by atoms with Gasteiger partial charge in [-0.3, -0.25) is 4.79 Å². The van der Waals surface area contributed by atoms with Crippen molar-refractivity contribution in [3.8, 4) is 0 Å². The van der Waals surface area contributed by atoms with Gasteiger partial charge in [-0.1, -0.05) is 18.2 Å². The van der Waals surface area contributed by atoms with E-state index in [4.69, 9.17) is 0 Å². The average Bonchev–Trinajstić information content (AvgIpc) is 2.30. The standard InChI is InChI=1S/C8H8N2O/c9-7-5-3-1-2-4-6(5)10-8(7)11/h1-4,7H,9H2,(H,10,11)/p+1/t7-/m0/s1. The molecular weight excluding hydrogens is 140 g/mol. The van der Waals surface area contributed by atoms with Crippen molar-refractivity contribution in [1.29, 1.82) is 0 Å². The topological polar surface area (TPSA) is 56.7 Å². The van der Waals surface area contributed by atoms with Gasteiger partial charge in [0.15, 0.2) is 6.04 Å². The van der Waals surface area contributed by atoms with E-state index >= 15 is 0 Å². The first-order chi connectivity index (χ1) is 5.29. The van der Waals surface area contributed by atoms with E-state index < -0.39 is 0 Å². The van der Waals surface area contributed by atoms with Crippen molar-refractivity contribution < 1.29 is 10.5 Å². The predicted octanol–water partition coefficient (Wildman–Crippen LogP) is -0.0783. The van der Waals surface area contributed by atoms with Crippen molar-refractivity contribution in [3.63, 3.8) is 0 Å². The second kappa shape index (κ2) is 2.07. The molecule has 3 nitrogen and oxygen atoms in total. The van der Waals surface area contributed by atoms with Gasteiger partial charge >= 0.3 is 0 Å². The number of carbonyl (C=O) groups excluding carboxylic acids is 1. The van der Waals surface area contributed by atoms with Crippen molar-refractivity contribution in [3.05, 3.63) is 29.8 Å². The number of benzene rings is 1. The van der Waals surface area contributed by atoms with Crippen molar-refractivity contribution in [2.75, 3.05) is 5.32 Å². The fourth-order valence-corrected chi connectivity index (χ4v) is 1.28. The number of hydrogen-bond donors (Lipinski definition) is 2. The van der Waals surface area contributed by atoms with Crippen LogP contribution in [-0.4, -0.2) is 5.91 Å². The van der Waals surface area contributed by atoms with Gasteiger partial charge in [0, 0.05) is 5.56 Å². The van der Waals surface area contributed by atoms with E-state index in [0.29, 0.717) is 0 Å². The summed E-state index contributed by atoms with van der Waals surface area (Å²) in [5.74, 6) is -0.00815. The number of rotatable bonds is 0. The van der Waals surface area contributed by atoms with Crippen LogP contribution in [0.4, 0.5) is 5.69 Å². The number of fused-ring (bicyclic) bond motifs is 1. The highest BCUT2D eigenvalue weighted by molar-refractivity contribution is 6.01. The third-order valence-corrected chi connectivity index (χ3v) is 1.91. The molecule has 0 aromatic heterocycles. The van der Waals surface area contributed by atoms with E-state index in [1.54, 1.807) is 0 Å². The number of carbonyl (C=O) groups is 1. The Kier molecular flexibility index (Phi) is 1.20. The molecular formula is C8H9N2O+. The van der Waals surface area contributed by atoms with Gasteiger partial charge in [0.05, 0.1) is 5.69 Å². The number of anilines is 1. The lowest BCUT2D eigenvalue weighted by atomic mass is 10.1. The second-order valence-electron chi connectivity index (χ2n) is 2.63. The van der Waals surface area contributed by atoms with E-state index in [9.17, 15) is 4.79 Å².